The summed E-state index contributed by atoms with van der Waals surface area (Å²) in [7, 11) is 3.02. The standard InChI is InChI=1S/C28H28N2O5/c1-28(2,3)18-11-12-22(35-5)21(14-18)25(31)23-24(17-8-7-13-29-16-17)30(27(33)26(23)32)19-9-6-10-20(15-19)34-4/h6-16,24,31H,1-5H3/b25-23+. The van der Waals surface area contributed by atoms with E-state index in [0.717, 1.165) is 5.56 Å². The average Bonchev–Trinajstić information content (AvgIpc) is 3.13. The number of benzene rings is 2. The van der Waals surface area contributed by atoms with E-state index in [1.54, 1.807) is 60.9 Å². The lowest BCUT2D eigenvalue weighted by Gasteiger charge is -2.26. The van der Waals surface area contributed by atoms with Crippen LogP contribution < -0.4 is 14.4 Å². The zero-order valence-corrected chi connectivity index (χ0v) is 20.4. The third-order valence-corrected chi connectivity index (χ3v) is 6.10. The molecule has 3 aromatic rings. The van der Waals surface area contributed by atoms with E-state index in [1.807, 2.05) is 6.07 Å². The van der Waals surface area contributed by atoms with Gasteiger partial charge in [0, 0.05) is 24.1 Å². The van der Waals surface area contributed by atoms with Crippen molar-refractivity contribution in [3.8, 4) is 11.5 Å². The van der Waals surface area contributed by atoms with Gasteiger partial charge in [0.2, 0.25) is 0 Å². The Kier molecular flexibility index (Phi) is 6.35. The Balaban J connectivity index is 1.98. The van der Waals surface area contributed by atoms with Gasteiger partial charge in [-0.1, -0.05) is 39.0 Å². The van der Waals surface area contributed by atoms with Gasteiger partial charge in [0.15, 0.2) is 0 Å². The van der Waals surface area contributed by atoms with Crippen molar-refractivity contribution in [1.82, 2.24) is 4.98 Å². The molecule has 1 aromatic heterocycles. The van der Waals surface area contributed by atoms with Crippen molar-refractivity contribution >= 4 is 23.1 Å². The topological polar surface area (TPSA) is 89.0 Å². The molecule has 4 rings (SSSR count). The maximum Gasteiger partial charge on any atom is 0.300 e. The first-order valence-electron chi connectivity index (χ1n) is 11.2. The van der Waals surface area contributed by atoms with Crippen LogP contribution in [0.25, 0.3) is 5.76 Å². The molecule has 0 aliphatic carbocycles. The molecule has 180 valence electrons. The largest absolute Gasteiger partial charge is 0.507 e. The van der Waals surface area contributed by atoms with E-state index in [1.165, 1.54) is 19.1 Å². The van der Waals surface area contributed by atoms with Crippen molar-refractivity contribution in [2.45, 2.75) is 32.2 Å². The molecule has 7 heteroatoms. The molecule has 2 heterocycles. The number of nitrogens with zero attached hydrogens (tertiary/aromatic N) is 2. The number of rotatable bonds is 5. The van der Waals surface area contributed by atoms with Gasteiger partial charge >= 0.3 is 0 Å². The number of hydrogen-bond acceptors (Lipinski definition) is 6. The van der Waals surface area contributed by atoms with Crippen LogP contribution in [0.15, 0.2) is 72.6 Å². The average molecular weight is 473 g/mol. The number of ketones is 1. The van der Waals surface area contributed by atoms with E-state index < -0.39 is 17.7 Å². The molecule has 1 N–H and O–H groups in total. The zero-order chi connectivity index (χ0) is 25.3. The lowest BCUT2D eigenvalue weighted by atomic mass is 9.85. The molecule has 2 aromatic carbocycles. The molecule has 0 spiro atoms. The fourth-order valence-electron chi connectivity index (χ4n) is 4.22. The maximum absolute atomic E-state index is 13.4. The van der Waals surface area contributed by atoms with Crippen LogP contribution in [0.3, 0.4) is 0 Å². The number of amides is 1. The summed E-state index contributed by atoms with van der Waals surface area (Å²) in [4.78, 5) is 32.3. The first-order valence-corrected chi connectivity index (χ1v) is 11.2. The molecule has 1 amide bonds. The van der Waals surface area contributed by atoms with Crippen LogP contribution in [0.4, 0.5) is 5.69 Å². The third kappa shape index (κ3) is 4.37. The predicted molar refractivity (Wildman–Crippen MR) is 134 cm³/mol. The summed E-state index contributed by atoms with van der Waals surface area (Å²) in [5.74, 6) is -0.908. The molecule has 0 bridgehead atoms. The van der Waals surface area contributed by atoms with Crippen molar-refractivity contribution in [3.05, 3.63) is 89.3 Å². The van der Waals surface area contributed by atoms with Crippen molar-refractivity contribution in [2.75, 3.05) is 19.1 Å². The van der Waals surface area contributed by atoms with Gasteiger partial charge in [0.1, 0.15) is 17.3 Å². The molecule has 1 aliphatic rings. The van der Waals surface area contributed by atoms with Crippen LogP contribution in [0.2, 0.25) is 0 Å². The Morgan fingerprint density at radius 2 is 1.77 bits per heavy atom. The van der Waals surface area contributed by atoms with E-state index in [-0.39, 0.29) is 16.7 Å². The maximum atomic E-state index is 13.4. The number of anilines is 1. The molecule has 1 atom stereocenters. The van der Waals surface area contributed by atoms with Crippen LogP contribution in [0.1, 0.15) is 43.5 Å². The van der Waals surface area contributed by atoms with E-state index in [9.17, 15) is 14.7 Å². The van der Waals surface area contributed by atoms with Crippen LogP contribution in [-0.4, -0.2) is 36.0 Å². The van der Waals surface area contributed by atoms with Gasteiger partial charge in [-0.2, -0.15) is 0 Å². The Labute approximate surface area is 204 Å². The van der Waals surface area contributed by atoms with Gasteiger partial charge in [-0.25, -0.2) is 0 Å². The number of Topliss-reactive ketones (excluding diaryl/α,β-unsaturated/α-hetero) is 1. The fourth-order valence-corrected chi connectivity index (χ4v) is 4.22. The van der Waals surface area contributed by atoms with E-state index in [0.29, 0.717) is 28.3 Å². The van der Waals surface area contributed by atoms with Gasteiger partial charge in [-0.15, -0.1) is 0 Å². The molecule has 0 radical (unpaired) electrons. The number of ether oxygens (including phenoxy) is 2. The highest BCUT2D eigenvalue weighted by Gasteiger charge is 2.47. The number of aliphatic hydroxyl groups is 1. The van der Waals surface area contributed by atoms with Gasteiger partial charge in [-0.3, -0.25) is 19.5 Å². The minimum atomic E-state index is -0.890. The monoisotopic (exact) mass is 472 g/mol. The first-order chi connectivity index (χ1) is 16.7. The van der Waals surface area contributed by atoms with Crippen LogP contribution >= 0.6 is 0 Å². The lowest BCUT2D eigenvalue weighted by molar-refractivity contribution is -0.132. The molecule has 7 nitrogen and oxygen atoms in total. The normalized spacial score (nSPS) is 17.5. The van der Waals surface area contributed by atoms with E-state index in [2.05, 4.69) is 25.8 Å². The molecule has 35 heavy (non-hydrogen) atoms. The second kappa shape index (κ2) is 9.25. The van der Waals surface area contributed by atoms with Crippen molar-refractivity contribution in [2.24, 2.45) is 0 Å². The highest BCUT2D eigenvalue weighted by molar-refractivity contribution is 6.51. The molecule has 0 saturated carbocycles. The summed E-state index contributed by atoms with van der Waals surface area (Å²) < 4.78 is 10.8. The second-order valence-corrected chi connectivity index (χ2v) is 9.32. The summed E-state index contributed by atoms with van der Waals surface area (Å²) in [6.07, 6.45) is 3.19. The number of aromatic nitrogens is 1. The van der Waals surface area contributed by atoms with Crippen molar-refractivity contribution < 1.29 is 24.2 Å². The Morgan fingerprint density at radius 1 is 1.00 bits per heavy atom. The smallest absolute Gasteiger partial charge is 0.300 e. The quantitative estimate of drug-likeness (QED) is 0.319. The van der Waals surface area contributed by atoms with Gasteiger partial charge < -0.3 is 14.6 Å². The molecule has 1 aliphatic heterocycles. The summed E-state index contributed by atoms with van der Waals surface area (Å²) in [6, 6.07) is 15.0. The van der Waals surface area contributed by atoms with E-state index >= 15 is 0 Å². The van der Waals surface area contributed by atoms with Gasteiger partial charge in [-0.05, 0) is 46.9 Å². The number of carbonyl (C=O) groups excluding carboxylic acids is 2. The predicted octanol–water partition coefficient (Wildman–Crippen LogP) is 5.02. The minimum absolute atomic E-state index is 0.0322. The van der Waals surface area contributed by atoms with Crippen LogP contribution in [0.5, 0.6) is 11.5 Å². The second-order valence-electron chi connectivity index (χ2n) is 9.32. The van der Waals surface area contributed by atoms with Gasteiger partial charge in [0.05, 0.1) is 31.4 Å². The SMILES string of the molecule is COc1cccc(N2C(=O)C(=O)/C(=C(/O)c3cc(C(C)(C)C)ccc3OC)C2c2cccnc2)c1. The molecular weight excluding hydrogens is 444 g/mol. The zero-order valence-electron chi connectivity index (χ0n) is 20.4. The Bertz CT molecular complexity index is 1310. The number of pyridine rings is 1. The fraction of sp³-hybridized carbons (Fsp3) is 0.250. The van der Waals surface area contributed by atoms with Crippen LogP contribution in [0, 0.1) is 0 Å². The lowest BCUT2D eigenvalue weighted by Crippen LogP contribution is -2.29. The van der Waals surface area contributed by atoms with Crippen molar-refractivity contribution in [3.63, 3.8) is 0 Å². The Morgan fingerprint density at radius 3 is 2.40 bits per heavy atom. The highest BCUT2D eigenvalue weighted by Crippen LogP contribution is 2.44. The summed E-state index contributed by atoms with van der Waals surface area (Å²) in [5.41, 5.74) is 2.10. The summed E-state index contributed by atoms with van der Waals surface area (Å²) in [6.45, 7) is 6.15. The van der Waals surface area contributed by atoms with Crippen molar-refractivity contribution in [1.29, 1.82) is 0 Å². The highest BCUT2D eigenvalue weighted by atomic mass is 16.5. The molecule has 1 unspecified atom stereocenters. The molecule has 1 saturated heterocycles. The summed E-state index contributed by atoms with van der Waals surface area (Å²) >= 11 is 0. The summed E-state index contributed by atoms with van der Waals surface area (Å²) in [5, 5.41) is 11.6. The number of hydrogen-bond donors (Lipinski definition) is 1. The van der Waals surface area contributed by atoms with Crippen LogP contribution in [-0.2, 0) is 15.0 Å². The Hall–Kier alpha value is -4.13. The molecule has 1 fully saturated rings. The third-order valence-electron chi connectivity index (χ3n) is 6.10. The van der Waals surface area contributed by atoms with E-state index in [4.69, 9.17) is 9.47 Å². The molecular formula is C28H28N2O5. The minimum Gasteiger partial charge on any atom is -0.507 e. The first kappa shape index (κ1) is 24.0. The number of carbonyl (C=O) groups is 2. The van der Waals surface area contributed by atoms with Gasteiger partial charge in [0.25, 0.3) is 11.7 Å². The number of methoxy groups -OCH3 is 2. The number of aliphatic hydroxyl groups excluding tert-OH is 1.